The van der Waals surface area contributed by atoms with Crippen LogP contribution in [0.2, 0.25) is 0 Å². The lowest BCUT2D eigenvalue weighted by Gasteiger charge is -2.16. The zero-order valence-corrected chi connectivity index (χ0v) is 29.9. The van der Waals surface area contributed by atoms with E-state index in [2.05, 4.69) is 20.4 Å². The number of carbonyl (C=O) groups excluding carboxylic acids is 1. The highest BCUT2D eigenvalue weighted by Crippen LogP contribution is 2.21. The summed E-state index contributed by atoms with van der Waals surface area (Å²) in [4.78, 5) is 11.6. The third kappa shape index (κ3) is 35.6. The monoisotopic (exact) mass is 605 g/mol. The van der Waals surface area contributed by atoms with Gasteiger partial charge in [0.05, 0.1) is 6.61 Å². The minimum atomic E-state index is -0.260. The van der Waals surface area contributed by atoms with Crippen molar-refractivity contribution in [3.8, 4) is 0 Å². The third-order valence-electron chi connectivity index (χ3n) is 9.56. The number of rotatable bonds is 37. The SMILES string of the molecule is C=CC(=O)OCC(CCCCCCCCCCCCCCCCCC)CCCCCCCCCCCCCCCCCC. The highest BCUT2D eigenvalue weighted by atomic mass is 16.5. The molecule has 43 heavy (non-hydrogen) atoms. The molecule has 0 atom stereocenters. The second kappa shape index (κ2) is 37.4. The Morgan fingerprint density at radius 3 is 0.907 bits per heavy atom. The molecule has 0 spiro atoms. The summed E-state index contributed by atoms with van der Waals surface area (Å²) in [7, 11) is 0. The van der Waals surface area contributed by atoms with Crippen molar-refractivity contribution in [3.05, 3.63) is 12.7 Å². The Morgan fingerprint density at radius 2 is 0.674 bits per heavy atom. The first-order chi connectivity index (χ1) is 21.2. The lowest BCUT2D eigenvalue weighted by molar-refractivity contribution is -0.139. The van der Waals surface area contributed by atoms with Gasteiger partial charge in [0.15, 0.2) is 0 Å². The maximum absolute atomic E-state index is 11.6. The summed E-state index contributed by atoms with van der Waals surface area (Å²) >= 11 is 0. The van der Waals surface area contributed by atoms with Crippen LogP contribution < -0.4 is 0 Å². The molecule has 0 aliphatic rings. The molecule has 0 bridgehead atoms. The molecule has 0 aromatic heterocycles. The summed E-state index contributed by atoms with van der Waals surface area (Å²) < 4.78 is 5.46. The Hall–Kier alpha value is -0.790. The lowest BCUT2D eigenvalue weighted by atomic mass is 9.94. The zero-order chi connectivity index (χ0) is 31.3. The second-order valence-electron chi connectivity index (χ2n) is 13.9. The van der Waals surface area contributed by atoms with Crippen molar-refractivity contribution in [1.82, 2.24) is 0 Å². The first kappa shape index (κ1) is 42.2. The molecule has 0 fully saturated rings. The summed E-state index contributed by atoms with van der Waals surface area (Å²) in [5.41, 5.74) is 0. The molecule has 0 N–H and O–H groups in total. The van der Waals surface area contributed by atoms with Gasteiger partial charge in [-0.1, -0.05) is 226 Å². The molecule has 0 rings (SSSR count). The highest BCUT2D eigenvalue weighted by Gasteiger charge is 2.11. The molecule has 0 amide bonds. The van der Waals surface area contributed by atoms with E-state index in [4.69, 9.17) is 4.74 Å². The van der Waals surface area contributed by atoms with Crippen molar-refractivity contribution in [2.45, 2.75) is 232 Å². The van der Waals surface area contributed by atoms with Crippen molar-refractivity contribution in [1.29, 1.82) is 0 Å². The minimum Gasteiger partial charge on any atom is -0.462 e. The van der Waals surface area contributed by atoms with Gasteiger partial charge >= 0.3 is 5.97 Å². The summed E-state index contributed by atoms with van der Waals surface area (Å²) in [5, 5.41) is 0. The average Bonchev–Trinajstić information content (AvgIpc) is 3.02. The van der Waals surface area contributed by atoms with Gasteiger partial charge in [-0.3, -0.25) is 0 Å². The normalized spacial score (nSPS) is 11.4. The van der Waals surface area contributed by atoms with Crippen LogP contribution in [0.4, 0.5) is 0 Å². The third-order valence-corrected chi connectivity index (χ3v) is 9.56. The van der Waals surface area contributed by atoms with Gasteiger partial charge in [-0.05, 0) is 18.8 Å². The van der Waals surface area contributed by atoms with E-state index in [0.717, 1.165) is 0 Å². The molecule has 0 aliphatic carbocycles. The molecule has 0 saturated carbocycles. The number of unbranched alkanes of at least 4 members (excludes halogenated alkanes) is 30. The molecule has 2 heteroatoms. The predicted molar refractivity (Wildman–Crippen MR) is 193 cm³/mol. The molecule has 0 aromatic carbocycles. The van der Waals surface area contributed by atoms with Crippen LogP contribution in [-0.2, 0) is 9.53 Å². The van der Waals surface area contributed by atoms with Gasteiger partial charge in [0.2, 0.25) is 0 Å². The number of hydrogen-bond donors (Lipinski definition) is 0. The molecule has 256 valence electrons. The Morgan fingerprint density at radius 1 is 0.442 bits per heavy atom. The topological polar surface area (TPSA) is 26.3 Å². The van der Waals surface area contributed by atoms with E-state index in [1.54, 1.807) is 0 Å². The molecule has 0 aliphatic heterocycles. The van der Waals surface area contributed by atoms with Crippen molar-refractivity contribution in [2.75, 3.05) is 6.61 Å². The zero-order valence-electron chi connectivity index (χ0n) is 29.9. The van der Waals surface area contributed by atoms with Gasteiger partial charge in [0.1, 0.15) is 0 Å². The number of esters is 1. The van der Waals surface area contributed by atoms with Crippen molar-refractivity contribution in [2.24, 2.45) is 5.92 Å². The lowest BCUT2D eigenvalue weighted by Crippen LogP contribution is -2.13. The Balaban J connectivity index is 3.63. The molecular formula is C41H80O2. The van der Waals surface area contributed by atoms with Gasteiger partial charge in [-0.25, -0.2) is 4.79 Å². The summed E-state index contributed by atoms with van der Waals surface area (Å²) in [6, 6.07) is 0. The maximum Gasteiger partial charge on any atom is 0.330 e. The minimum absolute atomic E-state index is 0.260. The quantitative estimate of drug-likeness (QED) is 0.0400. The predicted octanol–water partition coefficient (Wildman–Crippen LogP) is 14.6. The fraction of sp³-hybridized carbons (Fsp3) is 0.927. The van der Waals surface area contributed by atoms with Gasteiger partial charge in [0.25, 0.3) is 0 Å². The smallest absolute Gasteiger partial charge is 0.330 e. The summed E-state index contributed by atoms with van der Waals surface area (Å²) in [5.74, 6) is 0.270. The Bertz CT molecular complexity index is 506. The van der Waals surface area contributed by atoms with Gasteiger partial charge in [0, 0.05) is 6.08 Å². The number of ether oxygens (including phenoxy) is 1. The summed E-state index contributed by atoms with van der Waals surface area (Å²) in [6.45, 7) is 8.74. The van der Waals surface area contributed by atoms with Gasteiger partial charge < -0.3 is 4.74 Å². The van der Waals surface area contributed by atoms with Crippen molar-refractivity contribution < 1.29 is 9.53 Å². The van der Waals surface area contributed by atoms with E-state index in [1.807, 2.05) is 0 Å². The Labute approximate surface area is 272 Å². The molecule has 0 radical (unpaired) electrons. The summed E-state index contributed by atoms with van der Waals surface area (Å²) in [6.07, 6.45) is 48.9. The molecule has 2 nitrogen and oxygen atoms in total. The fourth-order valence-electron chi connectivity index (χ4n) is 6.53. The Kier molecular flexibility index (Phi) is 36.7. The standard InChI is InChI=1S/C41H80O2/c1-4-7-9-11-13-15-17-19-21-23-25-27-29-31-33-35-37-40(39-43-41(42)6-3)38-36-34-32-30-28-26-24-22-20-18-16-14-12-10-8-5-2/h6,40H,3-5,7-39H2,1-2H3. The van der Waals surface area contributed by atoms with E-state index >= 15 is 0 Å². The van der Waals surface area contributed by atoms with Gasteiger partial charge in [-0.15, -0.1) is 0 Å². The second-order valence-corrected chi connectivity index (χ2v) is 13.9. The van der Waals surface area contributed by atoms with Gasteiger partial charge in [-0.2, -0.15) is 0 Å². The molecular weight excluding hydrogens is 524 g/mol. The van der Waals surface area contributed by atoms with Crippen LogP contribution >= 0.6 is 0 Å². The van der Waals surface area contributed by atoms with Crippen molar-refractivity contribution >= 4 is 5.97 Å². The average molecular weight is 605 g/mol. The molecule has 0 saturated heterocycles. The highest BCUT2D eigenvalue weighted by molar-refractivity contribution is 5.81. The van der Waals surface area contributed by atoms with E-state index in [0.29, 0.717) is 12.5 Å². The largest absolute Gasteiger partial charge is 0.462 e. The maximum atomic E-state index is 11.6. The fourth-order valence-corrected chi connectivity index (χ4v) is 6.53. The van der Waals surface area contributed by atoms with Crippen LogP contribution in [0.3, 0.4) is 0 Å². The van der Waals surface area contributed by atoms with E-state index in [-0.39, 0.29) is 5.97 Å². The molecule has 0 aromatic rings. The first-order valence-electron chi connectivity index (χ1n) is 20.0. The van der Waals surface area contributed by atoms with Crippen LogP contribution in [0.5, 0.6) is 0 Å². The molecule has 0 unspecified atom stereocenters. The van der Waals surface area contributed by atoms with E-state index < -0.39 is 0 Å². The van der Waals surface area contributed by atoms with Crippen LogP contribution in [-0.4, -0.2) is 12.6 Å². The number of carbonyl (C=O) groups is 1. The molecule has 0 heterocycles. The van der Waals surface area contributed by atoms with Crippen molar-refractivity contribution in [3.63, 3.8) is 0 Å². The van der Waals surface area contributed by atoms with Crippen LogP contribution in [0.1, 0.15) is 232 Å². The van der Waals surface area contributed by atoms with Crippen LogP contribution in [0.15, 0.2) is 12.7 Å². The number of hydrogen-bond acceptors (Lipinski definition) is 2. The first-order valence-corrected chi connectivity index (χ1v) is 20.0. The van der Waals surface area contributed by atoms with Crippen LogP contribution in [0, 0.1) is 5.92 Å². The van der Waals surface area contributed by atoms with Crippen LogP contribution in [0.25, 0.3) is 0 Å². The van der Waals surface area contributed by atoms with E-state index in [9.17, 15) is 4.79 Å². The van der Waals surface area contributed by atoms with E-state index in [1.165, 1.54) is 224 Å².